The molecule has 0 bridgehead atoms. The van der Waals surface area contributed by atoms with Crippen LogP contribution in [0.4, 0.5) is 0 Å². The quantitative estimate of drug-likeness (QED) is 0.281. The topological polar surface area (TPSA) is 26.3 Å². The van der Waals surface area contributed by atoms with E-state index in [2.05, 4.69) is 6.58 Å². The van der Waals surface area contributed by atoms with E-state index in [4.69, 9.17) is 4.74 Å². The van der Waals surface area contributed by atoms with Crippen molar-refractivity contribution in [2.75, 3.05) is 0 Å². The molecule has 0 N–H and O–H groups in total. The fraction of sp³-hybridized carbons (Fsp3) is 0.364. The van der Waals surface area contributed by atoms with Crippen LogP contribution >= 0.6 is 0 Å². The van der Waals surface area contributed by atoms with Gasteiger partial charge in [-0.05, 0) is 26.8 Å². The molecule has 0 saturated heterocycles. The molecule has 0 radical (unpaired) electrons. The number of rotatable bonds is 5. The Morgan fingerprint density at radius 3 is 2.46 bits per heavy atom. The van der Waals surface area contributed by atoms with Gasteiger partial charge in [-0.2, -0.15) is 0 Å². The maximum atomic E-state index is 10.5. The molecule has 0 aromatic carbocycles. The maximum Gasteiger partial charge on any atom is 0.150 e. The zero-order valence-electron chi connectivity index (χ0n) is 8.41. The van der Waals surface area contributed by atoms with Crippen molar-refractivity contribution >= 4 is 6.29 Å². The highest BCUT2D eigenvalue weighted by Gasteiger charge is 1.96. The summed E-state index contributed by atoms with van der Waals surface area (Å²) in [5.41, 5.74) is 0.563. The van der Waals surface area contributed by atoms with Crippen molar-refractivity contribution in [2.45, 2.75) is 26.9 Å². The largest absolute Gasteiger partial charge is 0.496 e. The van der Waals surface area contributed by atoms with E-state index in [1.54, 1.807) is 18.2 Å². The SMILES string of the molecule is C=C/C=C(C=O)\C=C(/C)OC(C)C. The number of ether oxygens (including phenoxy) is 1. The molecule has 72 valence electrons. The third kappa shape index (κ3) is 5.91. The summed E-state index contributed by atoms with van der Waals surface area (Å²) in [6.45, 7) is 9.21. The summed E-state index contributed by atoms with van der Waals surface area (Å²) in [7, 11) is 0. The van der Waals surface area contributed by atoms with Crippen molar-refractivity contribution in [3.05, 3.63) is 36.1 Å². The van der Waals surface area contributed by atoms with Crippen molar-refractivity contribution in [1.82, 2.24) is 0 Å². The lowest BCUT2D eigenvalue weighted by Gasteiger charge is -2.09. The van der Waals surface area contributed by atoms with E-state index in [-0.39, 0.29) is 6.10 Å². The Hall–Kier alpha value is -1.31. The van der Waals surface area contributed by atoms with Crippen molar-refractivity contribution < 1.29 is 9.53 Å². The van der Waals surface area contributed by atoms with Crippen LogP contribution < -0.4 is 0 Å². The molecule has 0 aliphatic heterocycles. The molecule has 0 spiro atoms. The van der Waals surface area contributed by atoms with Crippen LogP contribution in [0.1, 0.15) is 20.8 Å². The first kappa shape index (κ1) is 11.7. The molecular formula is C11H16O2. The fourth-order valence-corrected chi connectivity index (χ4v) is 0.898. The molecule has 0 saturated carbocycles. The van der Waals surface area contributed by atoms with E-state index >= 15 is 0 Å². The molecule has 0 rings (SSSR count). The number of carbonyl (C=O) groups excluding carboxylic acids is 1. The number of hydrogen-bond donors (Lipinski definition) is 0. The number of hydrogen-bond acceptors (Lipinski definition) is 2. The molecule has 13 heavy (non-hydrogen) atoms. The Bertz CT molecular complexity index is 234. The van der Waals surface area contributed by atoms with Crippen LogP contribution in [0.2, 0.25) is 0 Å². The number of allylic oxidation sites excluding steroid dienone is 5. The predicted molar refractivity (Wildman–Crippen MR) is 54.3 cm³/mol. The number of carbonyl (C=O) groups is 1. The van der Waals surface area contributed by atoms with Gasteiger partial charge in [-0.1, -0.05) is 18.7 Å². The second-order valence-electron chi connectivity index (χ2n) is 2.94. The molecule has 0 heterocycles. The molecule has 0 fully saturated rings. The van der Waals surface area contributed by atoms with Crippen LogP contribution in [0, 0.1) is 0 Å². The van der Waals surface area contributed by atoms with Gasteiger partial charge in [0.25, 0.3) is 0 Å². The number of aldehydes is 1. The first-order valence-corrected chi connectivity index (χ1v) is 4.23. The van der Waals surface area contributed by atoms with Crippen molar-refractivity contribution in [3.8, 4) is 0 Å². The third-order valence-corrected chi connectivity index (χ3v) is 1.24. The highest BCUT2D eigenvalue weighted by Crippen LogP contribution is 2.04. The van der Waals surface area contributed by atoms with Gasteiger partial charge in [-0.15, -0.1) is 0 Å². The smallest absolute Gasteiger partial charge is 0.150 e. The monoisotopic (exact) mass is 180 g/mol. The van der Waals surface area contributed by atoms with Gasteiger partial charge in [0.05, 0.1) is 11.9 Å². The van der Waals surface area contributed by atoms with Gasteiger partial charge >= 0.3 is 0 Å². The van der Waals surface area contributed by atoms with Crippen LogP contribution in [0.3, 0.4) is 0 Å². The summed E-state index contributed by atoms with van der Waals surface area (Å²) in [4.78, 5) is 10.5. The molecular weight excluding hydrogens is 164 g/mol. The Kier molecular flexibility index (Phi) is 5.60. The van der Waals surface area contributed by atoms with Crippen LogP contribution in [0.25, 0.3) is 0 Å². The van der Waals surface area contributed by atoms with Gasteiger partial charge in [0.2, 0.25) is 0 Å². The lowest BCUT2D eigenvalue weighted by atomic mass is 10.2. The highest BCUT2D eigenvalue weighted by molar-refractivity contribution is 5.78. The summed E-state index contributed by atoms with van der Waals surface area (Å²) in [6, 6.07) is 0. The lowest BCUT2D eigenvalue weighted by molar-refractivity contribution is -0.104. The van der Waals surface area contributed by atoms with Gasteiger partial charge in [-0.3, -0.25) is 4.79 Å². The molecule has 0 aromatic heterocycles. The van der Waals surface area contributed by atoms with E-state index in [1.165, 1.54) is 0 Å². The average Bonchev–Trinajstić information content (AvgIpc) is 2.02. The minimum atomic E-state index is 0.132. The molecule has 0 aliphatic carbocycles. The Morgan fingerprint density at radius 1 is 1.46 bits per heavy atom. The summed E-state index contributed by atoms with van der Waals surface area (Å²) >= 11 is 0. The van der Waals surface area contributed by atoms with Gasteiger partial charge in [0, 0.05) is 5.57 Å². The molecule has 0 unspecified atom stereocenters. The zero-order valence-corrected chi connectivity index (χ0v) is 8.41. The molecule has 0 aliphatic rings. The Morgan fingerprint density at radius 2 is 2.08 bits per heavy atom. The summed E-state index contributed by atoms with van der Waals surface area (Å²) in [5.74, 6) is 0.732. The molecule has 0 amide bonds. The van der Waals surface area contributed by atoms with Crippen LogP contribution in [-0.4, -0.2) is 12.4 Å². The van der Waals surface area contributed by atoms with E-state index in [1.807, 2.05) is 20.8 Å². The van der Waals surface area contributed by atoms with Gasteiger partial charge in [0.15, 0.2) is 0 Å². The van der Waals surface area contributed by atoms with Crippen molar-refractivity contribution in [2.24, 2.45) is 0 Å². The summed E-state index contributed by atoms with van der Waals surface area (Å²) in [6.07, 6.45) is 5.81. The minimum Gasteiger partial charge on any atom is -0.496 e. The van der Waals surface area contributed by atoms with E-state index < -0.39 is 0 Å². The first-order chi connectivity index (χ1) is 6.10. The molecule has 0 atom stereocenters. The molecule has 2 nitrogen and oxygen atoms in total. The maximum absolute atomic E-state index is 10.5. The van der Waals surface area contributed by atoms with E-state index in [0.717, 1.165) is 12.0 Å². The normalized spacial score (nSPS) is 12.9. The van der Waals surface area contributed by atoms with Gasteiger partial charge < -0.3 is 4.74 Å². The van der Waals surface area contributed by atoms with Crippen molar-refractivity contribution in [1.29, 1.82) is 0 Å². The van der Waals surface area contributed by atoms with Crippen LogP contribution in [-0.2, 0) is 9.53 Å². The minimum absolute atomic E-state index is 0.132. The molecule has 2 heteroatoms. The lowest BCUT2D eigenvalue weighted by Crippen LogP contribution is -2.00. The fourth-order valence-electron chi connectivity index (χ4n) is 0.898. The molecule has 0 aromatic rings. The first-order valence-electron chi connectivity index (χ1n) is 4.23. The third-order valence-electron chi connectivity index (χ3n) is 1.24. The van der Waals surface area contributed by atoms with Crippen LogP contribution in [0.15, 0.2) is 36.1 Å². The second-order valence-corrected chi connectivity index (χ2v) is 2.94. The Balaban J connectivity index is 4.41. The predicted octanol–water partition coefficient (Wildman–Crippen LogP) is 2.63. The van der Waals surface area contributed by atoms with Gasteiger partial charge in [-0.25, -0.2) is 0 Å². The van der Waals surface area contributed by atoms with Crippen molar-refractivity contribution in [3.63, 3.8) is 0 Å². The summed E-state index contributed by atoms with van der Waals surface area (Å²) < 4.78 is 5.36. The van der Waals surface area contributed by atoms with E-state index in [9.17, 15) is 4.79 Å². The standard InChI is InChI=1S/C11H16O2/c1-5-6-11(8-12)7-10(4)13-9(2)3/h5-9H,1H2,2-4H3/b10-7+,11-6+. The Labute approximate surface area is 79.6 Å². The highest BCUT2D eigenvalue weighted by atomic mass is 16.5. The van der Waals surface area contributed by atoms with E-state index in [0.29, 0.717) is 5.57 Å². The average molecular weight is 180 g/mol. The summed E-state index contributed by atoms with van der Waals surface area (Å²) in [5, 5.41) is 0. The van der Waals surface area contributed by atoms with Crippen LogP contribution in [0.5, 0.6) is 0 Å². The zero-order chi connectivity index (χ0) is 10.3. The van der Waals surface area contributed by atoms with Gasteiger partial charge in [0.1, 0.15) is 6.29 Å². The second kappa shape index (κ2) is 6.23.